The molecule has 144 valence electrons. The van der Waals surface area contributed by atoms with E-state index in [2.05, 4.69) is 0 Å². The van der Waals surface area contributed by atoms with E-state index < -0.39 is 29.9 Å². The normalized spacial score (nSPS) is 18.5. The highest BCUT2D eigenvalue weighted by atomic mass is 16.5. The smallest absolute Gasteiger partial charge is 0.325 e. The number of nitrogens with two attached hydrogens (primary N) is 1. The van der Waals surface area contributed by atoms with Crippen molar-refractivity contribution in [3.05, 3.63) is 30.0 Å². The average molecular weight is 375 g/mol. The Balaban J connectivity index is 2.18. The minimum atomic E-state index is -1.12. The van der Waals surface area contributed by atoms with Crippen LogP contribution in [0.1, 0.15) is 24.4 Å². The van der Waals surface area contributed by atoms with Gasteiger partial charge < -0.3 is 25.3 Å². The summed E-state index contributed by atoms with van der Waals surface area (Å²) >= 11 is 0. The fourth-order valence-electron chi connectivity index (χ4n) is 3.78. The van der Waals surface area contributed by atoms with Crippen LogP contribution in [0.15, 0.2) is 24.4 Å². The monoisotopic (exact) mass is 375 g/mol. The van der Waals surface area contributed by atoms with Gasteiger partial charge in [0.05, 0.1) is 13.2 Å². The number of carboxylic acids is 2. The zero-order chi connectivity index (χ0) is 19.7. The van der Waals surface area contributed by atoms with Crippen LogP contribution < -0.4 is 10.5 Å². The molecule has 1 aromatic heterocycles. The van der Waals surface area contributed by atoms with Crippen LogP contribution in [-0.2, 0) is 20.9 Å². The van der Waals surface area contributed by atoms with E-state index in [0.29, 0.717) is 41.6 Å². The standard InChI is InChI=1S/C18H21N3O6/c1-27-10-4-5-13-11(7-10)12(8-20(13)9-15(22)23)16(18(25)26)21-6-2-3-14(21)17(19)24/h4-5,7-8,14,16H,2-3,6,9H2,1H3,(H2,19,24)(H,22,23)(H,25,26). The number of hydrogen-bond acceptors (Lipinski definition) is 5. The molecular weight excluding hydrogens is 354 g/mol. The van der Waals surface area contributed by atoms with Crippen LogP contribution in [0.5, 0.6) is 5.75 Å². The lowest BCUT2D eigenvalue weighted by Gasteiger charge is -2.28. The summed E-state index contributed by atoms with van der Waals surface area (Å²) in [5, 5.41) is 19.7. The summed E-state index contributed by atoms with van der Waals surface area (Å²) in [4.78, 5) is 36.7. The highest BCUT2D eigenvalue weighted by molar-refractivity contribution is 5.92. The number of likely N-dealkylation sites (tertiary alicyclic amines) is 1. The summed E-state index contributed by atoms with van der Waals surface area (Å²) in [5.41, 5.74) is 6.44. The summed E-state index contributed by atoms with van der Waals surface area (Å²) in [6.07, 6.45) is 2.68. The highest BCUT2D eigenvalue weighted by Gasteiger charge is 2.40. The lowest BCUT2D eigenvalue weighted by atomic mass is 10.0. The topological polar surface area (TPSA) is 135 Å². The molecule has 1 amide bonds. The molecule has 2 atom stereocenters. The maximum Gasteiger partial charge on any atom is 0.325 e. The van der Waals surface area contributed by atoms with Crippen LogP contribution in [0.2, 0.25) is 0 Å². The van der Waals surface area contributed by atoms with Crippen LogP contribution >= 0.6 is 0 Å². The first-order chi connectivity index (χ1) is 12.8. The second kappa shape index (κ2) is 7.28. The number of aliphatic carboxylic acids is 2. The highest BCUT2D eigenvalue weighted by Crippen LogP contribution is 2.36. The first-order valence-electron chi connectivity index (χ1n) is 8.50. The number of nitrogens with zero attached hydrogens (tertiary/aromatic N) is 2. The summed E-state index contributed by atoms with van der Waals surface area (Å²) in [5.74, 6) is -2.21. The molecule has 2 aromatic rings. The van der Waals surface area contributed by atoms with Crippen LogP contribution in [0, 0.1) is 0 Å². The summed E-state index contributed by atoms with van der Waals surface area (Å²) in [6, 6.07) is 3.26. The molecule has 3 rings (SSSR count). The van der Waals surface area contributed by atoms with Gasteiger partial charge in [-0.3, -0.25) is 19.3 Å². The molecule has 27 heavy (non-hydrogen) atoms. The van der Waals surface area contributed by atoms with E-state index in [-0.39, 0.29) is 6.54 Å². The van der Waals surface area contributed by atoms with Crippen molar-refractivity contribution in [3.8, 4) is 5.75 Å². The maximum absolute atomic E-state index is 12.1. The predicted molar refractivity (Wildman–Crippen MR) is 95.4 cm³/mol. The van der Waals surface area contributed by atoms with E-state index in [1.54, 1.807) is 23.1 Å². The molecule has 1 aromatic carbocycles. The second-order valence-electron chi connectivity index (χ2n) is 6.53. The van der Waals surface area contributed by atoms with E-state index >= 15 is 0 Å². The number of carbonyl (C=O) groups excluding carboxylic acids is 1. The van der Waals surface area contributed by atoms with Gasteiger partial charge in [0.25, 0.3) is 0 Å². The molecule has 1 aliphatic rings. The summed E-state index contributed by atoms with van der Waals surface area (Å²) < 4.78 is 6.72. The Morgan fingerprint density at radius 1 is 1.33 bits per heavy atom. The van der Waals surface area contributed by atoms with Crippen molar-refractivity contribution in [2.45, 2.75) is 31.5 Å². The van der Waals surface area contributed by atoms with E-state index in [0.717, 1.165) is 0 Å². The third-order valence-electron chi connectivity index (χ3n) is 4.91. The van der Waals surface area contributed by atoms with Gasteiger partial charge in [0, 0.05) is 29.2 Å². The lowest BCUT2D eigenvalue weighted by Crippen LogP contribution is -2.44. The van der Waals surface area contributed by atoms with Crippen molar-refractivity contribution in [1.82, 2.24) is 9.47 Å². The van der Waals surface area contributed by atoms with Crippen molar-refractivity contribution in [2.24, 2.45) is 5.73 Å². The number of amides is 1. The Morgan fingerprint density at radius 3 is 2.67 bits per heavy atom. The van der Waals surface area contributed by atoms with Gasteiger partial charge in [-0.15, -0.1) is 0 Å². The molecule has 0 aliphatic carbocycles. The van der Waals surface area contributed by atoms with Gasteiger partial charge in [-0.1, -0.05) is 0 Å². The Morgan fingerprint density at radius 2 is 2.07 bits per heavy atom. The van der Waals surface area contributed by atoms with Crippen LogP contribution in [0.3, 0.4) is 0 Å². The number of rotatable bonds is 7. The molecule has 9 nitrogen and oxygen atoms in total. The molecule has 0 bridgehead atoms. The van der Waals surface area contributed by atoms with E-state index in [4.69, 9.17) is 10.5 Å². The zero-order valence-corrected chi connectivity index (χ0v) is 14.8. The van der Waals surface area contributed by atoms with Gasteiger partial charge in [0.1, 0.15) is 18.3 Å². The van der Waals surface area contributed by atoms with Crippen LogP contribution in [0.25, 0.3) is 10.9 Å². The van der Waals surface area contributed by atoms with Crippen LogP contribution in [-0.4, -0.2) is 57.2 Å². The Bertz CT molecular complexity index is 906. The van der Waals surface area contributed by atoms with Crippen molar-refractivity contribution >= 4 is 28.7 Å². The van der Waals surface area contributed by atoms with E-state index in [9.17, 15) is 24.6 Å². The number of aromatic nitrogens is 1. The molecule has 1 fully saturated rings. The van der Waals surface area contributed by atoms with Gasteiger partial charge in [0.2, 0.25) is 5.91 Å². The largest absolute Gasteiger partial charge is 0.497 e. The Kier molecular flexibility index (Phi) is 5.04. The number of carboxylic acid groups (broad SMARTS) is 2. The molecule has 2 heterocycles. The molecule has 2 unspecified atom stereocenters. The van der Waals surface area contributed by atoms with Gasteiger partial charge in [-0.25, -0.2) is 0 Å². The fourth-order valence-corrected chi connectivity index (χ4v) is 3.78. The number of ether oxygens (including phenoxy) is 1. The van der Waals surface area contributed by atoms with Gasteiger partial charge >= 0.3 is 11.9 Å². The van der Waals surface area contributed by atoms with Crippen molar-refractivity contribution < 1.29 is 29.3 Å². The molecule has 9 heteroatoms. The third kappa shape index (κ3) is 3.45. The van der Waals surface area contributed by atoms with Gasteiger partial charge in [0.15, 0.2) is 0 Å². The molecule has 0 radical (unpaired) electrons. The Labute approximate surface area is 154 Å². The first-order valence-corrected chi connectivity index (χ1v) is 8.50. The molecule has 0 spiro atoms. The lowest BCUT2D eigenvalue weighted by molar-refractivity contribution is -0.144. The van der Waals surface area contributed by atoms with Crippen molar-refractivity contribution in [3.63, 3.8) is 0 Å². The Hall–Kier alpha value is -3.07. The first kappa shape index (κ1) is 18.7. The molecule has 4 N–H and O–H groups in total. The average Bonchev–Trinajstić information content (AvgIpc) is 3.20. The second-order valence-corrected chi connectivity index (χ2v) is 6.53. The quantitative estimate of drug-likeness (QED) is 0.651. The zero-order valence-electron chi connectivity index (χ0n) is 14.8. The minimum absolute atomic E-state index is 0.311. The summed E-state index contributed by atoms with van der Waals surface area (Å²) in [7, 11) is 1.49. The molecule has 1 saturated heterocycles. The number of benzene rings is 1. The van der Waals surface area contributed by atoms with Gasteiger partial charge in [-0.05, 0) is 31.0 Å². The predicted octanol–water partition coefficient (Wildman–Crippen LogP) is 0.810. The molecular formula is C18H21N3O6. The summed E-state index contributed by atoms with van der Waals surface area (Å²) in [6.45, 7) is 0.106. The number of hydrogen-bond donors (Lipinski definition) is 3. The molecule has 1 aliphatic heterocycles. The van der Waals surface area contributed by atoms with E-state index in [1.165, 1.54) is 17.9 Å². The number of carbonyl (C=O) groups is 3. The van der Waals surface area contributed by atoms with E-state index in [1.807, 2.05) is 0 Å². The third-order valence-corrected chi connectivity index (χ3v) is 4.91. The SMILES string of the molecule is COc1ccc2c(c1)c(C(C(=O)O)N1CCCC1C(N)=O)cn2CC(=O)O. The minimum Gasteiger partial charge on any atom is -0.497 e. The van der Waals surface area contributed by atoms with Gasteiger partial charge in [-0.2, -0.15) is 0 Å². The number of fused-ring (bicyclic) bond motifs is 1. The fraction of sp³-hybridized carbons (Fsp3) is 0.389. The van der Waals surface area contributed by atoms with Crippen molar-refractivity contribution in [1.29, 1.82) is 0 Å². The van der Waals surface area contributed by atoms with Crippen molar-refractivity contribution in [2.75, 3.05) is 13.7 Å². The van der Waals surface area contributed by atoms with Crippen LogP contribution in [0.4, 0.5) is 0 Å². The number of primary amides is 1. The number of methoxy groups -OCH3 is 1. The maximum atomic E-state index is 12.1. The molecule has 0 saturated carbocycles.